The van der Waals surface area contributed by atoms with Crippen LogP contribution < -0.4 is 5.32 Å². The summed E-state index contributed by atoms with van der Waals surface area (Å²) in [5.41, 5.74) is 1.03. The van der Waals surface area contributed by atoms with Gasteiger partial charge in [-0.3, -0.25) is 4.79 Å². The van der Waals surface area contributed by atoms with Crippen LogP contribution in [0.3, 0.4) is 0 Å². The number of para-hydroxylation sites is 1. The molecule has 1 heterocycles. The van der Waals surface area contributed by atoms with Crippen molar-refractivity contribution >= 4 is 27.5 Å². The van der Waals surface area contributed by atoms with E-state index in [0.29, 0.717) is 6.42 Å². The van der Waals surface area contributed by atoms with Crippen molar-refractivity contribution < 1.29 is 9.90 Å². The Morgan fingerprint density at radius 3 is 2.86 bits per heavy atom. The van der Waals surface area contributed by atoms with Crippen LogP contribution >= 0.6 is 11.3 Å². The van der Waals surface area contributed by atoms with Crippen LogP contribution in [0.5, 0.6) is 0 Å². The van der Waals surface area contributed by atoms with Crippen LogP contribution in [-0.2, 0) is 11.2 Å². The van der Waals surface area contributed by atoms with Gasteiger partial charge in [0, 0.05) is 19.1 Å². The summed E-state index contributed by atoms with van der Waals surface area (Å²) in [6, 6.07) is 8.09. The summed E-state index contributed by atoms with van der Waals surface area (Å²) in [6.45, 7) is 3.94. The molecule has 21 heavy (non-hydrogen) atoms. The van der Waals surface area contributed by atoms with Gasteiger partial charge >= 0.3 is 0 Å². The number of benzene rings is 1. The van der Waals surface area contributed by atoms with Gasteiger partial charge in [0.2, 0.25) is 5.91 Å². The highest BCUT2D eigenvalue weighted by Crippen LogP contribution is 2.22. The zero-order chi connectivity index (χ0) is 15.2. The Labute approximate surface area is 129 Å². The molecule has 0 bridgehead atoms. The lowest BCUT2D eigenvalue weighted by Gasteiger charge is -2.19. The molecular weight excluding hydrogens is 284 g/mol. The van der Waals surface area contributed by atoms with E-state index in [1.54, 1.807) is 11.3 Å². The summed E-state index contributed by atoms with van der Waals surface area (Å²) < 4.78 is 1.20. The Hall–Kier alpha value is -1.46. The molecule has 0 saturated heterocycles. The SMILES string of the molecule is CC(CO)C(C)NC(=O)CCCc1nc2ccccc2s1. The fraction of sp³-hybridized carbons (Fsp3) is 0.500. The molecule has 1 aromatic heterocycles. The number of hydrogen-bond donors (Lipinski definition) is 2. The third kappa shape index (κ3) is 4.51. The molecule has 0 saturated carbocycles. The first kappa shape index (κ1) is 15.9. The number of carbonyl (C=O) groups is 1. The Balaban J connectivity index is 1.77. The molecular formula is C16H22N2O2S. The summed E-state index contributed by atoms with van der Waals surface area (Å²) in [5, 5.41) is 13.1. The summed E-state index contributed by atoms with van der Waals surface area (Å²) in [6.07, 6.45) is 2.13. The highest BCUT2D eigenvalue weighted by molar-refractivity contribution is 7.18. The van der Waals surface area contributed by atoms with Crippen molar-refractivity contribution in [2.45, 2.75) is 39.2 Å². The predicted molar refractivity (Wildman–Crippen MR) is 86.4 cm³/mol. The minimum Gasteiger partial charge on any atom is -0.396 e. The van der Waals surface area contributed by atoms with Crippen molar-refractivity contribution in [2.75, 3.05) is 6.61 Å². The maximum Gasteiger partial charge on any atom is 0.220 e. The second-order valence-electron chi connectivity index (χ2n) is 5.44. The van der Waals surface area contributed by atoms with Crippen LogP contribution in [0, 0.1) is 5.92 Å². The lowest BCUT2D eigenvalue weighted by molar-refractivity contribution is -0.122. The molecule has 2 aromatic rings. The number of aryl methyl sites for hydroxylation is 1. The van der Waals surface area contributed by atoms with Crippen molar-refractivity contribution in [3.05, 3.63) is 29.3 Å². The number of nitrogens with one attached hydrogen (secondary N) is 1. The minimum atomic E-state index is 0.00458. The van der Waals surface area contributed by atoms with E-state index in [1.165, 1.54) is 4.70 Å². The van der Waals surface area contributed by atoms with Crippen molar-refractivity contribution in [1.82, 2.24) is 10.3 Å². The van der Waals surface area contributed by atoms with Gasteiger partial charge in [-0.15, -0.1) is 11.3 Å². The second kappa shape index (κ2) is 7.52. The van der Waals surface area contributed by atoms with Gasteiger partial charge in [-0.2, -0.15) is 0 Å². The molecule has 2 N–H and O–H groups in total. The summed E-state index contributed by atoms with van der Waals surface area (Å²) >= 11 is 1.70. The zero-order valence-corrected chi connectivity index (χ0v) is 13.3. The molecule has 4 nitrogen and oxygen atoms in total. The fourth-order valence-corrected chi connectivity index (χ4v) is 3.06. The number of rotatable bonds is 7. The van der Waals surface area contributed by atoms with Gasteiger partial charge in [0.25, 0.3) is 0 Å². The maximum absolute atomic E-state index is 11.8. The number of aliphatic hydroxyl groups is 1. The first-order valence-corrected chi connectivity index (χ1v) is 8.16. The maximum atomic E-state index is 11.8. The van der Waals surface area contributed by atoms with Crippen LogP contribution in [-0.4, -0.2) is 28.6 Å². The Kier molecular flexibility index (Phi) is 5.70. The van der Waals surface area contributed by atoms with Crippen molar-refractivity contribution in [3.8, 4) is 0 Å². The van der Waals surface area contributed by atoms with Gasteiger partial charge in [0.15, 0.2) is 0 Å². The van der Waals surface area contributed by atoms with E-state index in [9.17, 15) is 4.79 Å². The first-order chi connectivity index (χ1) is 10.1. The molecule has 1 amide bonds. The van der Waals surface area contributed by atoms with Crippen LogP contribution in [0.1, 0.15) is 31.7 Å². The van der Waals surface area contributed by atoms with Crippen LogP contribution in [0.4, 0.5) is 0 Å². The fourth-order valence-electron chi connectivity index (χ4n) is 2.05. The van der Waals surface area contributed by atoms with E-state index < -0.39 is 0 Å². The summed E-state index contributed by atoms with van der Waals surface area (Å²) in [4.78, 5) is 16.4. The van der Waals surface area contributed by atoms with E-state index >= 15 is 0 Å². The Bertz CT molecular complexity index is 564. The van der Waals surface area contributed by atoms with E-state index in [-0.39, 0.29) is 24.5 Å². The molecule has 2 unspecified atom stereocenters. The summed E-state index contributed by atoms with van der Waals surface area (Å²) in [5.74, 6) is 0.127. The van der Waals surface area contributed by atoms with Crippen molar-refractivity contribution in [3.63, 3.8) is 0 Å². The van der Waals surface area contributed by atoms with Crippen LogP contribution in [0.15, 0.2) is 24.3 Å². The van der Waals surface area contributed by atoms with E-state index in [0.717, 1.165) is 23.4 Å². The molecule has 0 aliphatic rings. The molecule has 0 spiro atoms. The average Bonchev–Trinajstić information content (AvgIpc) is 2.88. The molecule has 0 fully saturated rings. The van der Waals surface area contributed by atoms with Gasteiger partial charge < -0.3 is 10.4 Å². The summed E-state index contributed by atoms with van der Waals surface area (Å²) in [7, 11) is 0. The molecule has 0 aliphatic heterocycles. The van der Waals surface area contributed by atoms with Gasteiger partial charge in [0.05, 0.1) is 15.2 Å². The van der Waals surface area contributed by atoms with E-state index in [4.69, 9.17) is 5.11 Å². The van der Waals surface area contributed by atoms with Gasteiger partial charge in [-0.05, 0) is 37.8 Å². The van der Waals surface area contributed by atoms with E-state index in [1.807, 2.05) is 32.0 Å². The van der Waals surface area contributed by atoms with Crippen LogP contribution in [0.25, 0.3) is 10.2 Å². The number of fused-ring (bicyclic) bond motifs is 1. The normalized spacial score (nSPS) is 14.0. The minimum absolute atomic E-state index is 0.00458. The zero-order valence-electron chi connectivity index (χ0n) is 12.5. The smallest absolute Gasteiger partial charge is 0.220 e. The first-order valence-electron chi connectivity index (χ1n) is 7.35. The van der Waals surface area contributed by atoms with Crippen LogP contribution in [0.2, 0.25) is 0 Å². The number of amides is 1. The topological polar surface area (TPSA) is 62.2 Å². The Morgan fingerprint density at radius 2 is 2.14 bits per heavy atom. The third-order valence-electron chi connectivity index (χ3n) is 3.66. The highest BCUT2D eigenvalue weighted by Gasteiger charge is 2.13. The Morgan fingerprint density at radius 1 is 1.38 bits per heavy atom. The second-order valence-corrected chi connectivity index (χ2v) is 6.56. The number of nitrogens with zero attached hydrogens (tertiary/aromatic N) is 1. The van der Waals surface area contributed by atoms with Gasteiger partial charge in [0.1, 0.15) is 0 Å². The standard InChI is InChI=1S/C16H22N2O2S/c1-11(10-19)12(2)17-15(20)8-5-9-16-18-13-6-3-4-7-14(13)21-16/h3-4,6-7,11-12,19H,5,8-10H2,1-2H3,(H,17,20). The largest absolute Gasteiger partial charge is 0.396 e. The highest BCUT2D eigenvalue weighted by atomic mass is 32.1. The molecule has 0 radical (unpaired) electrons. The predicted octanol–water partition coefficient (Wildman–Crippen LogP) is 2.75. The van der Waals surface area contributed by atoms with Gasteiger partial charge in [-0.25, -0.2) is 4.98 Å². The van der Waals surface area contributed by atoms with Crippen molar-refractivity contribution in [1.29, 1.82) is 0 Å². The number of thiazole rings is 1. The number of carbonyl (C=O) groups excluding carboxylic acids is 1. The number of aromatic nitrogens is 1. The third-order valence-corrected chi connectivity index (χ3v) is 4.76. The molecule has 0 aliphatic carbocycles. The van der Waals surface area contributed by atoms with E-state index in [2.05, 4.69) is 16.4 Å². The molecule has 2 rings (SSSR count). The molecule has 5 heteroatoms. The number of aliphatic hydroxyl groups excluding tert-OH is 1. The average molecular weight is 306 g/mol. The lowest BCUT2D eigenvalue weighted by Crippen LogP contribution is -2.38. The quantitative estimate of drug-likeness (QED) is 0.827. The molecule has 114 valence electrons. The monoisotopic (exact) mass is 306 g/mol. The molecule has 1 aromatic carbocycles. The van der Waals surface area contributed by atoms with Crippen molar-refractivity contribution in [2.24, 2.45) is 5.92 Å². The van der Waals surface area contributed by atoms with Gasteiger partial charge in [-0.1, -0.05) is 19.1 Å². The number of hydrogen-bond acceptors (Lipinski definition) is 4. The molecule has 2 atom stereocenters. The lowest BCUT2D eigenvalue weighted by atomic mass is 10.0.